The van der Waals surface area contributed by atoms with Crippen LogP contribution in [0.25, 0.3) is 0 Å². The second kappa shape index (κ2) is 7.51. The van der Waals surface area contributed by atoms with E-state index in [1.54, 1.807) is 12.1 Å². The molecule has 0 bridgehead atoms. The summed E-state index contributed by atoms with van der Waals surface area (Å²) < 4.78 is 27.7. The number of aromatic carboxylic acids is 1. The van der Waals surface area contributed by atoms with E-state index in [0.717, 1.165) is 18.4 Å². The van der Waals surface area contributed by atoms with Crippen LogP contribution in [0.15, 0.2) is 42.5 Å². The quantitative estimate of drug-likeness (QED) is 0.828. The Morgan fingerprint density at radius 2 is 1.69 bits per heavy atom. The summed E-state index contributed by atoms with van der Waals surface area (Å²) in [5.74, 6) is -2.37. The average molecular weight is 360 g/mol. The fourth-order valence-electron chi connectivity index (χ4n) is 2.65. The van der Waals surface area contributed by atoms with Gasteiger partial charge in [-0.2, -0.15) is 0 Å². The zero-order valence-electron chi connectivity index (χ0n) is 13.9. The van der Waals surface area contributed by atoms with Crippen LogP contribution >= 0.6 is 0 Å². The summed E-state index contributed by atoms with van der Waals surface area (Å²) in [6.45, 7) is 0.0642. The molecule has 0 spiro atoms. The summed E-state index contributed by atoms with van der Waals surface area (Å²) in [5.41, 5.74) is 0.770. The van der Waals surface area contributed by atoms with Gasteiger partial charge in [0, 0.05) is 18.2 Å². The number of benzene rings is 2. The molecule has 0 atom stereocenters. The SMILES string of the molecule is O=C(O)c1ccc(CNC(=O)N(Cc2c(F)cccc2F)C2CC2)cc1. The second-order valence-corrected chi connectivity index (χ2v) is 6.22. The Morgan fingerprint density at radius 1 is 1.08 bits per heavy atom. The Labute approximate surface area is 149 Å². The molecule has 0 aromatic heterocycles. The Bertz CT molecular complexity index is 800. The molecule has 3 rings (SSSR count). The van der Waals surface area contributed by atoms with Gasteiger partial charge in [-0.05, 0) is 42.7 Å². The molecular formula is C19H18F2N2O3. The molecule has 2 amide bonds. The highest BCUT2D eigenvalue weighted by Gasteiger charge is 2.33. The van der Waals surface area contributed by atoms with Gasteiger partial charge in [0.15, 0.2) is 0 Å². The largest absolute Gasteiger partial charge is 0.478 e. The molecule has 1 aliphatic rings. The third kappa shape index (κ3) is 4.17. The minimum atomic E-state index is -1.02. The van der Waals surface area contributed by atoms with Gasteiger partial charge in [-0.15, -0.1) is 0 Å². The van der Waals surface area contributed by atoms with Gasteiger partial charge in [0.1, 0.15) is 11.6 Å². The van der Waals surface area contributed by atoms with Gasteiger partial charge in [0.05, 0.1) is 12.1 Å². The summed E-state index contributed by atoms with van der Waals surface area (Å²) in [7, 11) is 0. The topological polar surface area (TPSA) is 69.6 Å². The van der Waals surface area contributed by atoms with Crippen molar-refractivity contribution < 1.29 is 23.5 Å². The van der Waals surface area contributed by atoms with Crippen molar-refractivity contribution in [3.63, 3.8) is 0 Å². The highest BCUT2D eigenvalue weighted by atomic mass is 19.1. The third-order valence-corrected chi connectivity index (χ3v) is 4.28. The van der Waals surface area contributed by atoms with Crippen molar-refractivity contribution in [1.29, 1.82) is 0 Å². The molecule has 1 aliphatic carbocycles. The summed E-state index contributed by atoms with van der Waals surface area (Å²) in [6.07, 6.45) is 1.60. The van der Waals surface area contributed by atoms with Crippen LogP contribution in [-0.2, 0) is 13.1 Å². The van der Waals surface area contributed by atoms with Crippen molar-refractivity contribution in [3.8, 4) is 0 Å². The van der Waals surface area contributed by atoms with E-state index in [-0.39, 0.29) is 30.3 Å². The molecular weight excluding hydrogens is 342 g/mol. The van der Waals surface area contributed by atoms with Crippen LogP contribution < -0.4 is 5.32 Å². The molecule has 0 unspecified atom stereocenters. The van der Waals surface area contributed by atoms with Crippen molar-refractivity contribution in [2.24, 2.45) is 0 Å². The molecule has 1 fully saturated rings. The van der Waals surface area contributed by atoms with Crippen LogP contribution in [0.3, 0.4) is 0 Å². The molecule has 0 saturated heterocycles. The number of hydrogen-bond acceptors (Lipinski definition) is 2. The van der Waals surface area contributed by atoms with Gasteiger partial charge in [0.2, 0.25) is 0 Å². The van der Waals surface area contributed by atoms with Crippen LogP contribution in [0.2, 0.25) is 0 Å². The number of urea groups is 1. The third-order valence-electron chi connectivity index (χ3n) is 4.28. The van der Waals surface area contributed by atoms with Crippen LogP contribution in [0.4, 0.5) is 13.6 Å². The van der Waals surface area contributed by atoms with Crippen molar-refractivity contribution in [2.45, 2.75) is 32.0 Å². The maximum atomic E-state index is 13.9. The lowest BCUT2D eigenvalue weighted by Gasteiger charge is -2.23. The van der Waals surface area contributed by atoms with Crippen LogP contribution in [-0.4, -0.2) is 28.0 Å². The first kappa shape index (κ1) is 17.8. The monoisotopic (exact) mass is 360 g/mol. The fraction of sp³-hybridized carbons (Fsp3) is 0.263. The highest BCUT2D eigenvalue weighted by molar-refractivity contribution is 5.87. The first-order chi connectivity index (χ1) is 12.5. The summed E-state index contributed by atoms with van der Waals surface area (Å²) in [6, 6.07) is 9.34. The Hall–Kier alpha value is -2.96. The number of nitrogens with zero attached hydrogens (tertiary/aromatic N) is 1. The number of rotatable bonds is 6. The van der Waals surface area contributed by atoms with Gasteiger partial charge >= 0.3 is 12.0 Å². The molecule has 7 heteroatoms. The molecule has 0 radical (unpaired) electrons. The Morgan fingerprint density at radius 3 is 2.23 bits per heavy atom. The number of halogens is 2. The summed E-state index contributed by atoms with van der Waals surface area (Å²) in [5, 5.41) is 11.6. The lowest BCUT2D eigenvalue weighted by molar-refractivity contribution is 0.0697. The fourth-order valence-corrected chi connectivity index (χ4v) is 2.65. The van der Waals surface area contributed by atoms with E-state index < -0.39 is 23.6 Å². The zero-order chi connectivity index (χ0) is 18.7. The maximum Gasteiger partial charge on any atom is 0.335 e. The molecule has 0 aliphatic heterocycles. The van der Waals surface area contributed by atoms with E-state index in [1.807, 2.05) is 0 Å². The average Bonchev–Trinajstić information content (AvgIpc) is 3.45. The van der Waals surface area contributed by atoms with Crippen molar-refractivity contribution >= 4 is 12.0 Å². The van der Waals surface area contributed by atoms with E-state index in [4.69, 9.17) is 5.11 Å². The van der Waals surface area contributed by atoms with Crippen LogP contribution in [0, 0.1) is 11.6 Å². The molecule has 2 aromatic rings. The minimum absolute atomic E-state index is 0.0246. The highest BCUT2D eigenvalue weighted by Crippen LogP contribution is 2.29. The van der Waals surface area contributed by atoms with Gasteiger partial charge in [-0.1, -0.05) is 18.2 Å². The van der Waals surface area contributed by atoms with Gasteiger partial charge < -0.3 is 15.3 Å². The van der Waals surface area contributed by atoms with Gasteiger partial charge in [-0.3, -0.25) is 0 Å². The first-order valence-electron chi connectivity index (χ1n) is 8.25. The number of hydrogen-bond donors (Lipinski definition) is 2. The molecule has 5 nitrogen and oxygen atoms in total. The van der Waals surface area contributed by atoms with Gasteiger partial charge in [-0.25, -0.2) is 18.4 Å². The lowest BCUT2D eigenvalue weighted by Crippen LogP contribution is -2.41. The smallest absolute Gasteiger partial charge is 0.335 e. The normalized spacial score (nSPS) is 13.3. The number of carbonyl (C=O) groups is 2. The number of amides is 2. The first-order valence-corrected chi connectivity index (χ1v) is 8.25. The number of carboxylic acids is 1. The minimum Gasteiger partial charge on any atom is -0.478 e. The van der Waals surface area contributed by atoms with Crippen molar-refractivity contribution in [2.75, 3.05) is 0 Å². The molecule has 1 saturated carbocycles. The molecule has 136 valence electrons. The Balaban J connectivity index is 1.65. The molecule has 2 aromatic carbocycles. The van der Waals surface area contributed by atoms with Crippen molar-refractivity contribution in [1.82, 2.24) is 10.2 Å². The Kier molecular flexibility index (Phi) is 5.16. The number of carboxylic acid groups (broad SMARTS) is 1. The lowest BCUT2D eigenvalue weighted by atomic mass is 10.1. The number of nitrogens with one attached hydrogen (secondary N) is 1. The second-order valence-electron chi connectivity index (χ2n) is 6.22. The molecule has 0 heterocycles. The van der Waals surface area contributed by atoms with E-state index in [0.29, 0.717) is 0 Å². The van der Waals surface area contributed by atoms with Crippen LogP contribution in [0.5, 0.6) is 0 Å². The predicted molar refractivity (Wildman–Crippen MR) is 90.6 cm³/mol. The predicted octanol–water partition coefficient (Wildman–Crippen LogP) is 3.54. The van der Waals surface area contributed by atoms with Crippen molar-refractivity contribution in [3.05, 3.63) is 70.8 Å². The van der Waals surface area contributed by atoms with Gasteiger partial charge in [0.25, 0.3) is 0 Å². The maximum absolute atomic E-state index is 13.9. The van der Waals surface area contributed by atoms with E-state index in [2.05, 4.69) is 5.32 Å². The molecule has 26 heavy (non-hydrogen) atoms. The van der Waals surface area contributed by atoms with E-state index in [9.17, 15) is 18.4 Å². The zero-order valence-corrected chi connectivity index (χ0v) is 13.9. The van der Waals surface area contributed by atoms with Crippen LogP contribution in [0.1, 0.15) is 34.3 Å². The summed E-state index contributed by atoms with van der Waals surface area (Å²) in [4.78, 5) is 24.8. The van der Waals surface area contributed by atoms with E-state index in [1.165, 1.54) is 35.2 Å². The van der Waals surface area contributed by atoms with E-state index >= 15 is 0 Å². The standard InChI is InChI=1S/C19H18F2N2O3/c20-16-2-1-3-17(21)15(16)11-23(14-8-9-14)19(26)22-10-12-4-6-13(7-5-12)18(24)25/h1-7,14H,8-11H2,(H,22,26)(H,24,25). The number of carbonyl (C=O) groups excluding carboxylic acids is 1. The molecule has 2 N–H and O–H groups in total. The summed E-state index contributed by atoms with van der Waals surface area (Å²) >= 11 is 0.